The SMILES string of the molecule is OC(CCl)CNc1ccc(-c2nn[nH]n2)cc1. The number of aromatic amines is 1. The molecule has 0 aliphatic rings. The van der Waals surface area contributed by atoms with E-state index < -0.39 is 6.10 Å². The Morgan fingerprint density at radius 2 is 2.12 bits per heavy atom. The van der Waals surface area contributed by atoms with E-state index in [1.54, 1.807) is 0 Å². The second kappa shape index (κ2) is 5.60. The van der Waals surface area contributed by atoms with Crippen molar-refractivity contribution in [2.45, 2.75) is 6.10 Å². The molecule has 2 aromatic rings. The fourth-order valence-electron chi connectivity index (χ4n) is 1.31. The van der Waals surface area contributed by atoms with Crippen molar-refractivity contribution in [3.63, 3.8) is 0 Å². The Morgan fingerprint density at radius 1 is 1.35 bits per heavy atom. The van der Waals surface area contributed by atoms with Crippen LogP contribution in [0.15, 0.2) is 24.3 Å². The molecule has 1 aromatic carbocycles. The Labute approximate surface area is 103 Å². The van der Waals surface area contributed by atoms with E-state index in [9.17, 15) is 5.11 Å². The van der Waals surface area contributed by atoms with Gasteiger partial charge in [0.15, 0.2) is 0 Å². The van der Waals surface area contributed by atoms with Crippen LogP contribution >= 0.6 is 11.6 Å². The number of nitrogens with zero attached hydrogens (tertiary/aromatic N) is 3. The lowest BCUT2D eigenvalue weighted by Gasteiger charge is -2.09. The first-order valence-corrected chi connectivity index (χ1v) is 5.65. The van der Waals surface area contributed by atoms with Gasteiger partial charge in [-0.3, -0.25) is 0 Å². The second-order valence-corrected chi connectivity index (χ2v) is 3.81. The first-order valence-electron chi connectivity index (χ1n) is 5.11. The summed E-state index contributed by atoms with van der Waals surface area (Å²) in [6.07, 6.45) is -0.548. The number of rotatable bonds is 5. The molecule has 0 bridgehead atoms. The van der Waals surface area contributed by atoms with Crippen LogP contribution in [0.25, 0.3) is 11.4 Å². The summed E-state index contributed by atoms with van der Waals surface area (Å²) < 4.78 is 0. The van der Waals surface area contributed by atoms with Crippen molar-refractivity contribution in [3.05, 3.63) is 24.3 Å². The van der Waals surface area contributed by atoms with Gasteiger partial charge in [-0.1, -0.05) is 0 Å². The molecule has 7 heteroatoms. The number of anilines is 1. The molecule has 0 aliphatic carbocycles. The first kappa shape index (κ1) is 11.8. The number of aliphatic hydroxyl groups is 1. The van der Waals surface area contributed by atoms with Crippen LogP contribution in [-0.4, -0.2) is 44.3 Å². The molecule has 1 heterocycles. The van der Waals surface area contributed by atoms with Crippen LogP contribution in [-0.2, 0) is 0 Å². The molecule has 2 rings (SSSR count). The monoisotopic (exact) mass is 253 g/mol. The Bertz CT molecular complexity index is 444. The van der Waals surface area contributed by atoms with Crippen LogP contribution in [0.5, 0.6) is 0 Å². The normalized spacial score (nSPS) is 12.4. The molecule has 1 aromatic heterocycles. The Kier molecular flexibility index (Phi) is 3.89. The van der Waals surface area contributed by atoms with E-state index in [1.165, 1.54) is 0 Å². The number of aromatic nitrogens is 4. The predicted octanol–water partition coefficient (Wildman–Crippen LogP) is 0.878. The van der Waals surface area contributed by atoms with Gasteiger partial charge >= 0.3 is 0 Å². The predicted molar refractivity (Wildman–Crippen MR) is 64.8 cm³/mol. The number of hydrogen-bond acceptors (Lipinski definition) is 5. The van der Waals surface area contributed by atoms with Gasteiger partial charge in [-0.25, -0.2) is 0 Å². The zero-order valence-corrected chi connectivity index (χ0v) is 9.72. The Balaban J connectivity index is 1.99. The van der Waals surface area contributed by atoms with Crippen LogP contribution in [0, 0.1) is 0 Å². The van der Waals surface area contributed by atoms with Gasteiger partial charge in [0.2, 0.25) is 5.82 Å². The highest BCUT2D eigenvalue weighted by atomic mass is 35.5. The van der Waals surface area contributed by atoms with Crippen LogP contribution in [0.2, 0.25) is 0 Å². The molecular formula is C10H12ClN5O. The summed E-state index contributed by atoms with van der Waals surface area (Å²) in [6.45, 7) is 0.422. The van der Waals surface area contributed by atoms with Crippen LogP contribution in [0.3, 0.4) is 0 Å². The molecule has 90 valence electrons. The largest absolute Gasteiger partial charge is 0.390 e. The molecule has 0 saturated carbocycles. The molecule has 0 radical (unpaired) electrons. The van der Waals surface area contributed by atoms with Gasteiger partial charge in [-0.15, -0.1) is 21.8 Å². The lowest BCUT2D eigenvalue weighted by atomic mass is 10.2. The third kappa shape index (κ3) is 3.15. The molecular weight excluding hydrogens is 242 g/mol. The molecule has 0 fully saturated rings. The standard InChI is InChI=1S/C10H12ClN5O/c11-5-9(17)6-12-8-3-1-7(2-4-8)10-13-15-16-14-10/h1-4,9,12,17H,5-6H2,(H,13,14,15,16). The molecule has 0 spiro atoms. The smallest absolute Gasteiger partial charge is 0.204 e. The number of aliphatic hydroxyl groups excluding tert-OH is 1. The average molecular weight is 254 g/mol. The summed E-state index contributed by atoms with van der Waals surface area (Å²) in [5.41, 5.74) is 1.78. The summed E-state index contributed by atoms with van der Waals surface area (Å²) in [5.74, 6) is 0.769. The first-order chi connectivity index (χ1) is 8.29. The van der Waals surface area contributed by atoms with Gasteiger partial charge in [0.05, 0.1) is 12.0 Å². The third-order valence-electron chi connectivity index (χ3n) is 2.21. The minimum Gasteiger partial charge on any atom is -0.390 e. The molecule has 0 saturated heterocycles. The van der Waals surface area contributed by atoms with E-state index >= 15 is 0 Å². The van der Waals surface area contributed by atoms with Crippen molar-refractivity contribution in [1.29, 1.82) is 0 Å². The summed E-state index contributed by atoms with van der Waals surface area (Å²) in [5, 5.41) is 26.0. The molecule has 0 aliphatic heterocycles. The van der Waals surface area contributed by atoms with Crippen molar-refractivity contribution in [2.75, 3.05) is 17.7 Å². The minimum atomic E-state index is -0.548. The van der Waals surface area contributed by atoms with Gasteiger partial charge in [0.1, 0.15) is 0 Å². The van der Waals surface area contributed by atoms with Gasteiger partial charge in [-0.05, 0) is 29.5 Å². The van der Waals surface area contributed by atoms with Gasteiger partial charge in [0, 0.05) is 17.8 Å². The van der Waals surface area contributed by atoms with E-state index in [0.717, 1.165) is 11.3 Å². The van der Waals surface area contributed by atoms with Crippen molar-refractivity contribution in [3.8, 4) is 11.4 Å². The maximum atomic E-state index is 9.30. The Hall–Kier alpha value is -1.66. The third-order valence-corrected chi connectivity index (χ3v) is 2.56. The van der Waals surface area contributed by atoms with Gasteiger partial charge in [0.25, 0.3) is 0 Å². The number of tetrazole rings is 1. The summed E-state index contributed by atoms with van der Waals surface area (Å²) in [7, 11) is 0. The zero-order chi connectivity index (χ0) is 12.1. The highest BCUT2D eigenvalue weighted by Crippen LogP contribution is 2.16. The van der Waals surface area contributed by atoms with E-state index in [1.807, 2.05) is 24.3 Å². The summed E-state index contributed by atoms with van der Waals surface area (Å²) in [6, 6.07) is 7.51. The van der Waals surface area contributed by atoms with Crippen molar-refractivity contribution in [1.82, 2.24) is 20.6 Å². The number of alkyl halides is 1. The van der Waals surface area contributed by atoms with E-state index in [0.29, 0.717) is 12.4 Å². The highest BCUT2D eigenvalue weighted by Gasteiger charge is 2.03. The lowest BCUT2D eigenvalue weighted by molar-refractivity contribution is 0.211. The van der Waals surface area contributed by atoms with E-state index in [4.69, 9.17) is 11.6 Å². The highest BCUT2D eigenvalue weighted by molar-refractivity contribution is 6.18. The van der Waals surface area contributed by atoms with Crippen molar-refractivity contribution < 1.29 is 5.11 Å². The number of hydrogen-bond donors (Lipinski definition) is 3. The fraction of sp³-hybridized carbons (Fsp3) is 0.300. The van der Waals surface area contributed by atoms with Crippen molar-refractivity contribution >= 4 is 17.3 Å². The maximum absolute atomic E-state index is 9.30. The fourth-order valence-corrected chi connectivity index (χ4v) is 1.42. The number of H-pyrrole nitrogens is 1. The quantitative estimate of drug-likeness (QED) is 0.689. The molecule has 1 atom stereocenters. The summed E-state index contributed by atoms with van der Waals surface area (Å²) >= 11 is 5.49. The van der Waals surface area contributed by atoms with Gasteiger partial charge in [-0.2, -0.15) is 5.21 Å². The number of halogens is 1. The van der Waals surface area contributed by atoms with Gasteiger partial charge < -0.3 is 10.4 Å². The second-order valence-electron chi connectivity index (χ2n) is 3.50. The van der Waals surface area contributed by atoms with Crippen LogP contribution in [0.1, 0.15) is 0 Å². The lowest BCUT2D eigenvalue weighted by Crippen LogP contribution is -2.20. The van der Waals surface area contributed by atoms with Crippen molar-refractivity contribution in [2.24, 2.45) is 0 Å². The average Bonchev–Trinajstić information content (AvgIpc) is 2.90. The zero-order valence-electron chi connectivity index (χ0n) is 8.97. The number of benzene rings is 1. The minimum absolute atomic E-state index is 0.216. The Morgan fingerprint density at radius 3 is 2.71 bits per heavy atom. The molecule has 17 heavy (non-hydrogen) atoms. The van der Waals surface area contributed by atoms with Crippen LogP contribution < -0.4 is 5.32 Å². The topological polar surface area (TPSA) is 86.7 Å². The molecule has 6 nitrogen and oxygen atoms in total. The maximum Gasteiger partial charge on any atom is 0.204 e. The van der Waals surface area contributed by atoms with E-state index in [2.05, 4.69) is 25.9 Å². The number of nitrogens with one attached hydrogen (secondary N) is 2. The van der Waals surface area contributed by atoms with E-state index in [-0.39, 0.29) is 5.88 Å². The molecule has 1 unspecified atom stereocenters. The summed E-state index contributed by atoms with van der Waals surface area (Å²) in [4.78, 5) is 0. The molecule has 3 N–H and O–H groups in total. The molecule has 0 amide bonds. The van der Waals surface area contributed by atoms with Crippen LogP contribution in [0.4, 0.5) is 5.69 Å².